The number of amides is 1. The van der Waals surface area contributed by atoms with Gasteiger partial charge in [0, 0.05) is 23.0 Å². The first-order valence-corrected chi connectivity index (χ1v) is 13.0. The molecule has 9 nitrogen and oxygen atoms in total. The molecule has 0 saturated heterocycles. The number of hydrogen-bond donors (Lipinski definition) is 4. The minimum Gasteiger partial charge on any atom is -0.494 e. The number of aromatic amines is 1. The van der Waals surface area contributed by atoms with E-state index in [1.165, 1.54) is 13.2 Å². The van der Waals surface area contributed by atoms with Gasteiger partial charge in [0.2, 0.25) is 0 Å². The zero-order chi connectivity index (χ0) is 24.7. The zero-order valence-electron chi connectivity index (χ0n) is 19.5. The van der Waals surface area contributed by atoms with Crippen molar-refractivity contribution < 1.29 is 23.9 Å². The monoisotopic (exact) mass is 492 g/mol. The molecule has 2 unspecified atom stereocenters. The first-order chi connectivity index (χ1) is 16.9. The Morgan fingerprint density at radius 1 is 1.40 bits per heavy atom. The molecule has 3 aromatic rings. The SMILES string of the molecule is C/C=C1/C=C(C(=O)NCC(O)c2cc3c(c(-c4ccc5o[nH]c5c4)n2)OCP3C)C=C(OC)C1=N. The number of hydrogen-bond acceptors (Lipinski definition) is 7. The van der Waals surface area contributed by atoms with Crippen LogP contribution in [0.25, 0.3) is 22.4 Å². The minimum atomic E-state index is -1.02. The molecule has 2 aromatic heterocycles. The molecule has 1 amide bonds. The molecular weight excluding hydrogens is 467 g/mol. The molecule has 1 aliphatic heterocycles. The third-order valence-electron chi connectivity index (χ3n) is 6.03. The summed E-state index contributed by atoms with van der Waals surface area (Å²) in [5, 5.41) is 25.7. The van der Waals surface area contributed by atoms with Crippen LogP contribution in [0.1, 0.15) is 18.7 Å². The van der Waals surface area contributed by atoms with Crippen LogP contribution < -0.4 is 15.4 Å². The lowest BCUT2D eigenvalue weighted by Gasteiger charge is -2.18. The van der Waals surface area contributed by atoms with Gasteiger partial charge in [0.15, 0.2) is 11.3 Å². The van der Waals surface area contributed by atoms with Crippen LogP contribution >= 0.6 is 7.92 Å². The lowest BCUT2D eigenvalue weighted by Crippen LogP contribution is -2.31. The highest BCUT2D eigenvalue weighted by molar-refractivity contribution is 7.65. The predicted octanol–water partition coefficient (Wildman–Crippen LogP) is 3.50. The molecule has 2 atom stereocenters. The lowest BCUT2D eigenvalue weighted by molar-refractivity contribution is -0.117. The van der Waals surface area contributed by atoms with Gasteiger partial charge in [-0.25, -0.2) is 10.1 Å². The number of methoxy groups -OCH3 is 1. The Labute approximate surface area is 202 Å². The Balaban J connectivity index is 1.39. The summed E-state index contributed by atoms with van der Waals surface area (Å²) < 4.78 is 16.4. The second kappa shape index (κ2) is 9.17. The Kier molecular flexibility index (Phi) is 6.05. The quantitative estimate of drug-likeness (QED) is 0.389. The summed E-state index contributed by atoms with van der Waals surface area (Å²) in [6.45, 7) is 3.90. The maximum atomic E-state index is 12.8. The van der Waals surface area contributed by atoms with Gasteiger partial charge in [0.1, 0.15) is 35.1 Å². The number of benzene rings is 1. The van der Waals surface area contributed by atoms with Crippen LogP contribution in [0.3, 0.4) is 0 Å². The van der Waals surface area contributed by atoms with Crippen molar-refractivity contribution in [3.05, 3.63) is 65.1 Å². The predicted molar refractivity (Wildman–Crippen MR) is 134 cm³/mol. The number of H-pyrrole nitrogens is 1. The molecule has 0 radical (unpaired) electrons. The first kappa shape index (κ1) is 23.1. The van der Waals surface area contributed by atoms with Crippen molar-refractivity contribution in [2.24, 2.45) is 0 Å². The number of fused-ring (bicyclic) bond motifs is 2. The lowest BCUT2D eigenvalue weighted by atomic mass is 9.97. The van der Waals surface area contributed by atoms with Gasteiger partial charge in [-0.1, -0.05) is 6.08 Å². The maximum absolute atomic E-state index is 12.8. The Morgan fingerprint density at radius 2 is 2.23 bits per heavy atom. The van der Waals surface area contributed by atoms with Gasteiger partial charge in [-0.2, -0.15) is 0 Å². The van der Waals surface area contributed by atoms with Gasteiger partial charge in [0.05, 0.1) is 12.8 Å². The van der Waals surface area contributed by atoms with E-state index in [9.17, 15) is 9.90 Å². The molecule has 0 spiro atoms. The molecule has 0 saturated carbocycles. The molecule has 1 aliphatic carbocycles. The van der Waals surface area contributed by atoms with Crippen LogP contribution in [0.4, 0.5) is 0 Å². The number of ether oxygens (including phenoxy) is 2. The van der Waals surface area contributed by atoms with Crippen molar-refractivity contribution in [2.75, 3.05) is 26.7 Å². The highest BCUT2D eigenvalue weighted by Crippen LogP contribution is 2.45. The molecule has 2 aliphatic rings. The molecule has 35 heavy (non-hydrogen) atoms. The zero-order valence-corrected chi connectivity index (χ0v) is 20.4. The summed E-state index contributed by atoms with van der Waals surface area (Å²) in [4.78, 5) is 17.5. The van der Waals surface area contributed by atoms with Crippen LogP contribution in [-0.4, -0.2) is 53.5 Å². The number of aliphatic hydroxyl groups excluding tert-OH is 1. The van der Waals surface area contributed by atoms with Crippen LogP contribution in [-0.2, 0) is 9.53 Å². The first-order valence-electron chi connectivity index (χ1n) is 11.0. The average Bonchev–Trinajstić information content (AvgIpc) is 3.23. The van der Waals surface area contributed by atoms with E-state index in [0.717, 1.165) is 27.7 Å². The van der Waals surface area contributed by atoms with Crippen LogP contribution in [0.2, 0.25) is 0 Å². The number of carbonyl (C=O) groups excluding carboxylic acids is 1. The molecular formula is C25H25N4O5P. The fourth-order valence-electron chi connectivity index (χ4n) is 4.02. The van der Waals surface area contributed by atoms with E-state index in [1.54, 1.807) is 19.1 Å². The highest BCUT2D eigenvalue weighted by atomic mass is 31.1. The van der Waals surface area contributed by atoms with Crippen molar-refractivity contribution in [2.45, 2.75) is 13.0 Å². The average molecular weight is 492 g/mol. The van der Waals surface area contributed by atoms with Crippen molar-refractivity contribution in [3.8, 4) is 17.0 Å². The van der Waals surface area contributed by atoms with Gasteiger partial charge in [-0.15, -0.1) is 0 Å². The molecule has 10 heteroatoms. The number of carbonyl (C=O) groups is 1. The summed E-state index contributed by atoms with van der Waals surface area (Å²) >= 11 is 0. The fourth-order valence-corrected chi connectivity index (χ4v) is 5.36. The van der Waals surface area contributed by atoms with Gasteiger partial charge >= 0.3 is 0 Å². The highest BCUT2D eigenvalue weighted by Gasteiger charge is 2.28. The molecule has 4 N–H and O–H groups in total. The number of aliphatic hydroxyl groups is 1. The van der Waals surface area contributed by atoms with Crippen LogP contribution in [0, 0.1) is 5.41 Å². The van der Waals surface area contributed by atoms with Gasteiger partial charge in [0.25, 0.3) is 5.91 Å². The molecule has 0 fully saturated rings. The van der Waals surface area contributed by atoms with E-state index < -0.39 is 14.0 Å². The van der Waals surface area contributed by atoms with Crippen LogP contribution in [0.15, 0.2) is 63.9 Å². The fraction of sp³-hybridized carbons (Fsp3) is 0.240. The number of nitrogens with zero attached hydrogens (tertiary/aromatic N) is 1. The van der Waals surface area contributed by atoms with Crippen LogP contribution in [0.5, 0.6) is 5.75 Å². The Morgan fingerprint density at radius 3 is 2.91 bits per heavy atom. The molecule has 1 aromatic carbocycles. The van der Waals surface area contributed by atoms with Gasteiger partial charge < -0.3 is 24.4 Å². The number of nitrogens with one attached hydrogen (secondary N) is 3. The second-order valence-electron chi connectivity index (χ2n) is 8.29. The van der Waals surface area contributed by atoms with E-state index in [1.807, 2.05) is 24.3 Å². The smallest absolute Gasteiger partial charge is 0.251 e. The summed E-state index contributed by atoms with van der Waals surface area (Å²) in [5.74, 6) is 0.678. The van der Waals surface area contributed by atoms with Crippen molar-refractivity contribution in [1.29, 1.82) is 5.41 Å². The standard InChI is InChI=1S/C25H25N4O5P/c1-4-13-7-15(9-20(32-2)22(13)26)25(31)27-11-18(30)16-10-21-24(33-12-35(21)3)23(28-16)14-5-6-19-17(8-14)29-34-19/h4-10,18,26,29-30H,11-12H2,1-3H3,(H,27,31)/b13-4-,26-22?. The summed E-state index contributed by atoms with van der Waals surface area (Å²) in [6.07, 6.45) is 4.48. The van der Waals surface area contributed by atoms with E-state index in [2.05, 4.69) is 17.1 Å². The molecule has 0 bridgehead atoms. The largest absolute Gasteiger partial charge is 0.494 e. The Hall–Kier alpha value is -3.68. The van der Waals surface area contributed by atoms with Gasteiger partial charge in [-0.05, 0) is 63.5 Å². The topological polar surface area (TPSA) is 133 Å². The third kappa shape index (κ3) is 4.17. The Bertz CT molecular complexity index is 1430. The third-order valence-corrected chi connectivity index (χ3v) is 7.71. The molecule has 3 heterocycles. The molecule has 180 valence electrons. The maximum Gasteiger partial charge on any atom is 0.251 e. The summed E-state index contributed by atoms with van der Waals surface area (Å²) in [6, 6.07) is 7.58. The number of pyridine rings is 1. The summed E-state index contributed by atoms with van der Waals surface area (Å²) in [5.41, 5.74) is 4.77. The van der Waals surface area contributed by atoms with Crippen molar-refractivity contribution >= 4 is 35.9 Å². The van der Waals surface area contributed by atoms with E-state index in [4.69, 9.17) is 24.4 Å². The van der Waals surface area contributed by atoms with Gasteiger partial charge in [-0.3, -0.25) is 10.2 Å². The normalized spacial score (nSPS) is 19.3. The summed E-state index contributed by atoms with van der Waals surface area (Å²) in [7, 11) is 0.925. The van der Waals surface area contributed by atoms with Crippen molar-refractivity contribution in [3.63, 3.8) is 0 Å². The number of aromatic nitrogens is 2. The van der Waals surface area contributed by atoms with E-state index in [-0.39, 0.29) is 18.2 Å². The molecule has 5 rings (SSSR count). The van der Waals surface area contributed by atoms with E-state index in [0.29, 0.717) is 34.6 Å². The number of allylic oxidation sites excluding steroid dienone is 3. The van der Waals surface area contributed by atoms with E-state index >= 15 is 0 Å². The second-order valence-corrected chi connectivity index (χ2v) is 10.4. The minimum absolute atomic E-state index is 0.0255. The number of rotatable bonds is 6. The van der Waals surface area contributed by atoms with Crippen molar-refractivity contribution in [1.82, 2.24) is 15.5 Å².